The third kappa shape index (κ3) is 3.51. The van der Waals surface area contributed by atoms with Gasteiger partial charge >= 0.3 is 0 Å². The molecule has 0 aromatic heterocycles. The maximum Gasteiger partial charge on any atom is 0.146 e. The minimum Gasteiger partial charge on any atom is -0.372 e. The summed E-state index contributed by atoms with van der Waals surface area (Å²) in [4.78, 5) is 1.95. The van der Waals surface area contributed by atoms with Crippen LogP contribution in [0.3, 0.4) is 0 Å². The van der Waals surface area contributed by atoms with Gasteiger partial charge in [-0.3, -0.25) is 0 Å². The Kier molecular flexibility index (Phi) is 4.86. The molecule has 19 heavy (non-hydrogen) atoms. The maximum atomic E-state index is 13.7. The number of likely N-dealkylation sites (N-methyl/N-ethyl adjacent to an activating group) is 1. The SMILES string of the molecule is CN(CC(CS)c1ccccc1)c1ccccc1F. The van der Waals surface area contributed by atoms with Gasteiger partial charge in [-0.15, -0.1) is 0 Å². The van der Waals surface area contributed by atoms with Gasteiger partial charge in [0, 0.05) is 19.5 Å². The van der Waals surface area contributed by atoms with E-state index in [1.165, 1.54) is 11.6 Å². The van der Waals surface area contributed by atoms with Crippen LogP contribution in [0.1, 0.15) is 11.5 Å². The second-order valence-corrected chi connectivity index (χ2v) is 4.99. The van der Waals surface area contributed by atoms with Crippen molar-refractivity contribution in [2.75, 3.05) is 24.2 Å². The third-order valence-electron chi connectivity index (χ3n) is 3.25. The van der Waals surface area contributed by atoms with Crippen molar-refractivity contribution in [3.8, 4) is 0 Å². The highest BCUT2D eigenvalue weighted by Crippen LogP contribution is 2.23. The molecule has 0 N–H and O–H groups in total. The molecule has 0 saturated carbocycles. The Hall–Kier alpha value is -1.48. The summed E-state index contributed by atoms with van der Waals surface area (Å²) < 4.78 is 13.7. The van der Waals surface area contributed by atoms with Crippen molar-refractivity contribution in [1.29, 1.82) is 0 Å². The van der Waals surface area contributed by atoms with Crippen molar-refractivity contribution in [3.05, 3.63) is 66.0 Å². The van der Waals surface area contributed by atoms with E-state index in [1.54, 1.807) is 12.1 Å². The number of anilines is 1. The largest absolute Gasteiger partial charge is 0.372 e. The van der Waals surface area contributed by atoms with E-state index >= 15 is 0 Å². The van der Waals surface area contributed by atoms with Crippen LogP contribution in [0.5, 0.6) is 0 Å². The number of rotatable bonds is 5. The van der Waals surface area contributed by atoms with Crippen molar-refractivity contribution in [2.45, 2.75) is 5.92 Å². The molecule has 0 amide bonds. The summed E-state index contributed by atoms with van der Waals surface area (Å²) in [5, 5.41) is 0. The molecule has 0 aliphatic heterocycles. The lowest BCUT2D eigenvalue weighted by molar-refractivity contribution is 0.617. The number of para-hydroxylation sites is 1. The van der Waals surface area contributed by atoms with Crippen molar-refractivity contribution < 1.29 is 4.39 Å². The molecule has 0 bridgehead atoms. The first kappa shape index (κ1) is 13.9. The smallest absolute Gasteiger partial charge is 0.146 e. The van der Waals surface area contributed by atoms with Crippen LogP contribution in [0.15, 0.2) is 54.6 Å². The molecule has 0 fully saturated rings. The van der Waals surface area contributed by atoms with E-state index in [2.05, 4.69) is 24.8 Å². The molecule has 0 spiro atoms. The average Bonchev–Trinajstić information content (AvgIpc) is 2.46. The standard InChI is InChI=1S/C16H18FNS/c1-18(16-10-6-5-9-15(16)17)11-14(12-19)13-7-3-2-4-8-13/h2-10,14,19H,11-12H2,1H3. The summed E-state index contributed by atoms with van der Waals surface area (Å²) in [5.41, 5.74) is 1.87. The van der Waals surface area contributed by atoms with Gasteiger partial charge in [-0.1, -0.05) is 42.5 Å². The van der Waals surface area contributed by atoms with Gasteiger partial charge in [0.1, 0.15) is 5.82 Å². The van der Waals surface area contributed by atoms with Crippen LogP contribution in [-0.2, 0) is 0 Å². The first-order valence-electron chi connectivity index (χ1n) is 6.34. The number of hydrogen-bond acceptors (Lipinski definition) is 2. The predicted octanol–water partition coefficient (Wildman–Crippen LogP) is 3.98. The highest BCUT2D eigenvalue weighted by molar-refractivity contribution is 7.80. The number of hydrogen-bond donors (Lipinski definition) is 1. The van der Waals surface area contributed by atoms with Crippen molar-refractivity contribution in [3.63, 3.8) is 0 Å². The molecule has 1 atom stereocenters. The lowest BCUT2D eigenvalue weighted by Crippen LogP contribution is -2.26. The van der Waals surface area contributed by atoms with Crippen LogP contribution >= 0.6 is 12.6 Å². The third-order valence-corrected chi connectivity index (χ3v) is 3.69. The number of thiol groups is 1. The van der Waals surface area contributed by atoms with Crippen LogP contribution < -0.4 is 4.90 Å². The molecule has 0 heterocycles. The molecule has 1 unspecified atom stereocenters. The van der Waals surface area contributed by atoms with E-state index in [-0.39, 0.29) is 11.7 Å². The maximum absolute atomic E-state index is 13.7. The first-order chi connectivity index (χ1) is 9.22. The van der Waals surface area contributed by atoms with E-state index in [4.69, 9.17) is 0 Å². The van der Waals surface area contributed by atoms with Crippen LogP contribution in [-0.4, -0.2) is 19.3 Å². The minimum absolute atomic E-state index is 0.184. The molecule has 100 valence electrons. The average molecular weight is 275 g/mol. The van der Waals surface area contributed by atoms with E-state index in [0.717, 1.165) is 12.3 Å². The zero-order chi connectivity index (χ0) is 13.7. The number of nitrogens with zero attached hydrogens (tertiary/aromatic N) is 1. The van der Waals surface area contributed by atoms with Crippen LogP contribution in [0, 0.1) is 5.82 Å². The summed E-state index contributed by atoms with van der Waals surface area (Å²) in [7, 11) is 1.91. The molecule has 2 aromatic rings. The lowest BCUT2D eigenvalue weighted by Gasteiger charge is -2.25. The second kappa shape index (κ2) is 6.62. The highest BCUT2D eigenvalue weighted by atomic mass is 32.1. The van der Waals surface area contributed by atoms with Gasteiger partial charge in [0.15, 0.2) is 0 Å². The molecular formula is C16H18FNS. The van der Waals surface area contributed by atoms with Gasteiger partial charge < -0.3 is 4.90 Å². The van der Waals surface area contributed by atoms with Gasteiger partial charge in [0.05, 0.1) is 5.69 Å². The lowest BCUT2D eigenvalue weighted by atomic mass is 10.0. The molecule has 2 rings (SSSR count). The van der Waals surface area contributed by atoms with Crippen LogP contribution in [0.25, 0.3) is 0 Å². The van der Waals surface area contributed by atoms with Crippen LogP contribution in [0.4, 0.5) is 10.1 Å². The Morgan fingerprint density at radius 1 is 1.05 bits per heavy atom. The molecule has 1 nitrogen and oxygen atoms in total. The molecular weight excluding hydrogens is 257 g/mol. The summed E-state index contributed by atoms with van der Waals surface area (Å²) in [6.45, 7) is 0.744. The zero-order valence-electron chi connectivity index (χ0n) is 11.0. The van der Waals surface area contributed by atoms with Crippen molar-refractivity contribution >= 4 is 18.3 Å². The zero-order valence-corrected chi connectivity index (χ0v) is 11.9. The predicted molar refractivity (Wildman–Crippen MR) is 82.7 cm³/mol. The van der Waals surface area contributed by atoms with E-state index in [1.807, 2.05) is 36.2 Å². The topological polar surface area (TPSA) is 3.24 Å². The monoisotopic (exact) mass is 275 g/mol. The normalized spacial score (nSPS) is 12.2. The molecule has 0 aliphatic rings. The molecule has 0 radical (unpaired) electrons. The first-order valence-corrected chi connectivity index (χ1v) is 6.97. The molecule has 3 heteroatoms. The summed E-state index contributed by atoms with van der Waals surface area (Å²) in [6, 6.07) is 17.1. The van der Waals surface area contributed by atoms with Gasteiger partial charge in [0.25, 0.3) is 0 Å². The Bertz CT molecular complexity index is 515. The fourth-order valence-corrected chi connectivity index (χ4v) is 2.51. The fourth-order valence-electron chi connectivity index (χ4n) is 2.18. The van der Waals surface area contributed by atoms with Gasteiger partial charge in [-0.2, -0.15) is 12.6 Å². The highest BCUT2D eigenvalue weighted by Gasteiger charge is 2.14. The molecule has 0 saturated heterocycles. The Labute approximate surface area is 119 Å². The van der Waals surface area contributed by atoms with Crippen LogP contribution in [0.2, 0.25) is 0 Å². The van der Waals surface area contributed by atoms with Crippen molar-refractivity contribution in [1.82, 2.24) is 0 Å². The summed E-state index contributed by atoms with van der Waals surface area (Å²) in [6.07, 6.45) is 0. The van der Waals surface area contributed by atoms with E-state index in [9.17, 15) is 4.39 Å². The Morgan fingerprint density at radius 2 is 1.68 bits per heavy atom. The Morgan fingerprint density at radius 3 is 2.32 bits per heavy atom. The second-order valence-electron chi connectivity index (χ2n) is 4.62. The summed E-state index contributed by atoms with van der Waals surface area (Å²) in [5.74, 6) is 0.841. The summed E-state index contributed by atoms with van der Waals surface area (Å²) >= 11 is 4.42. The quantitative estimate of drug-likeness (QED) is 0.808. The number of halogens is 1. The molecule has 0 aliphatic carbocycles. The van der Waals surface area contributed by atoms with Gasteiger partial charge in [-0.25, -0.2) is 4.39 Å². The van der Waals surface area contributed by atoms with Crippen molar-refractivity contribution in [2.24, 2.45) is 0 Å². The fraction of sp³-hybridized carbons (Fsp3) is 0.250. The Balaban J connectivity index is 2.13. The molecule has 2 aromatic carbocycles. The van der Waals surface area contributed by atoms with Gasteiger partial charge in [0.2, 0.25) is 0 Å². The van der Waals surface area contributed by atoms with Gasteiger partial charge in [-0.05, 0) is 23.4 Å². The van der Waals surface area contributed by atoms with E-state index in [0.29, 0.717) is 5.69 Å². The minimum atomic E-state index is -0.184. The van der Waals surface area contributed by atoms with E-state index < -0.39 is 0 Å². The number of benzene rings is 2.